The summed E-state index contributed by atoms with van der Waals surface area (Å²) < 4.78 is 11.3. The number of rotatable bonds is 1. The maximum Gasteiger partial charge on any atom is 0.239 e. The van der Waals surface area contributed by atoms with E-state index in [9.17, 15) is 0 Å². The highest BCUT2D eigenvalue weighted by Gasteiger charge is 2.35. The van der Waals surface area contributed by atoms with Crippen molar-refractivity contribution in [3.63, 3.8) is 0 Å². The van der Waals surface area contributed by atoms with Crippen LogP contribution in [0.4, 0.5) is 0 Å². The second-order valence-corrected chi connectivity index (χ2v) is 6.27. The van der Waals surface area contributed by atoms with Crippen molar-refractivity contribution in [2.45, 2.75) is 64.0 Å². The molecule has 2 heterocycles. The summed E-state index contributed by atoms with van der Waals surface area (Å²) in [5, 5.41) is 4.09. The smallest absolute Gasteiger partial charge is 0.239 e. The lowest BCUT2D eigenvalue weighted by molar-refractivity contribution is 0.152. The van der Waals surface area contributed by atoms with Crippen LogP contribution in [0, 0.1) is 0 Å². The maximum atomic E-state index is 5.90. The van der Waals surface area contributed by atoms with Gasteiger partial charge in [-0.3, -0.25) is 0 Å². The predicted octanol–water partition coefficient (Wildman–Crippen LogP) is 3.06. The summed E-state index contributed by atoms with van der Waals surface area (Å²) in [6, 6.07) is 2.29. The lowest BCUT2D eigenvalue weighted by Crippen LogP contribution is -2.26. The fourth-order valence-corrected chi connectivity index (χ4v) is 2.54. The summed E-state index contributed by atoms with van der Waals surface area (Å²) in [6.07, 6.45) is 5.02. The molecule has 18 heavy (non-hydrogen) atoms. The Morgan fingerprint density at radius 3 is 2.67 bits per heavy atom. The molecule has 0 bridgehead atoms. The molecule has 1 saturated carbocycles. The zero-order chi connectivity index (χ0) is 12.8. The van der Waals surface area contributed by atoms with Gasteiger partial charge in [0.1, 0.15) is 11.9 Å². The molecule has 0 amide bonds. The average Bonchev–Trinajstić information content (AvgIpc) is 2.94. The Morgan fingerprint density at radius 1 is 1.22 bits per heavy atom. The van der Waals surface area contributed by atoms with Crippen LogP contribution in [0.5, 0.6) is 0 Å². The Labute approximate surface area is 107 Å². The van der Waals surface area contributed by atoms with Gasteiger partial charge in [0.2, 0.25) is 5.90 Å². The molecule has 0 saturated heterocycles. The number of hydrogen-bond acceptors (Lipinski definition) is 4. The topological polar surface area (TPSA) is 47.6 Å². The van der Waals surface area contributed by atoms with Crippen molar-refractivity contribution in [2.24, 2.45) is 4.99 Å². The lowest BCUT2D eigenvalue weighted by Gasteiger charge is -2.21. The first-order valence-electron chi connectivity index (χ1n) is 6.76. The van der Waals surface area contributed by atoms with Crippen LogP contribution in [-0.4, -0.2) is 23.2 Å². The molecule has 2 atom stereocenters. The molecule has 0 N–H and O–H groups in total. The zero-order valence-electron chi connectivity index (χ0n) is 11.3. The number of aliphatic imine (C=N–C) groups is 1. The molecule has 1 aliphatic heterocycles. The highest BCUT2D eigenvalue weighted by molar-refractivity contribution is 5.93. The van der Waals surface area contributed by atoms with Crippen molar-refractivity contribution in [1.29, 1.82) is 0 Å². The Bertz CT molecular complexity index is 470. The van der Waals surface area contributed by atoms with Gasteiger partial charge in [-0.1, -0.05) is 32.3 Å². The lowest BCUT2D eigenvalue weighted by atomic mass is 9.93. The zero-order valence-corrected chi connectivity index (χ0v) is 11.3. The third-order valence-electron chi connectivity index (χ3n) is 3.68. The number of aromatic nitrogens is 1. The quantitative estimate of drug-likeness (QED) is 0.767. The SMILES string of the molecule is CC(C)(C)c1cc(C2=N[C@H]3CCCC[C@H]3O2)no1. The number of fused-ring (bicyclic) bond motifs is 1. The van der Waals surface area contributed by atoms with Gasteiger partial charge >= 0.3 is 0 Å². The summed E-state index contributed by atoms with van der Waals surface area (Å²) >= 11 is 0. The number of hydrogen-bond donors (Lipinski definition) is 0. The molecule has 1 aromatic rings. The highest BCUT2D eigenvalue weighted by Crippen LogP contribution is 2.31. The van der Waals surface area contributed by atoms with Gasteiger partial charge in [-0.15, -0.1) is 0 Å². The van der Waals surface area contributed by atoms with Crippen LogP contribution in [0.1, 0.15) is 57.9 Å². The van der Waals surface area contributed by atoms with Gasteiger partial charge in [0.25, 0.3) is 0 Å². The highest BCUT2D eigenvalue weighted by atomic mass is 16.5. The molecular formula is C14H20N2O2. The summed E-state index contributed by atoms with van der Waals surface area (Å²) in [4.78, 5) is 4.65. The molecule has 1 aromatic heterocycles. The molecule has 3 rings (SSSR count). The minimum absolute atomic E-state index is 0.0306. The third-order valence-corrected chi connectivity index (χ3v) is 3.68. The van der Waals surface area contributed by atoms with E-state index in [1.165, 1.54) is 12.8 Å². The largest absolute Gasteiger partial charge is 0.471 e. The predicted molar refractivity (Wildman–Crippen MR) is 68.9 cm³/mol. The minimum Gasteiger partial charge on any atom is -0.471 e. The van der Waals surface area contributed by atoms with Gasteiger partial charge in [-0.05, 0) is 19.3 Å². The second kappa shape index (κ2) is 4.11. The fourth-order valence-electron chi connectivity index (χ4n) is 2.54. The van der Waals surface area contributed by atoms with Gasteiger partial charge in [0, 0.05) is 11.5 Å². The van der Waals surface area contributed by atoms with E-state index in [1.54, 1.807) is 0 Å². The van der Waals surface area contributed by atoms with E-state index in [1.807, 2.05) is 6.07 Å². The first-order valence-corrected chi connectivity index (χ1v) is 6.76. The third kappa shape index (κ3) is 2.04. The van der Waals surface area contributed by atoms with Gasteiger partial charge in [0.05, 0.1) is 6.04 Å². The van der Waals surface area contributed by atoms with Crippen LogP contribution in [0.3, 0.4) is 0 Å². The van der Waals surface area contributed by atoms with E-state index in [-0.39, 0.29) is 11.5 Å². The number of nitrogens with zero attached hydrogens (tertiary/aromatic N) is 2. The van der Waals surface area contributed by atoms with Crippen molar-refractivity contribution in [3.05, 3.63) is 17.5 Å². The van der Waals surface area contributed by atoms with Crippen LogP contribution >= 0.6 is 0 Å². The minimum atomic E-state index is -0.0306. The molecule has 0 aromatic carbocycles. The molecule has 0 radical (unpaired) electrons. The Balaban J connectivity index is 1.81. The normalized spacial score (nSPS) is 27.6. The molecule has 1 aliphatic carbocycles. The first kappa shape index (κ1) is 11.8. The number of ether oxygens (including phenoxy) is 1. The summed E-state index contributed by atoms with van der Waals surface area (Å²) in [6.45, 7) is 6.32. The van der Waals surface area contributed by atoms with E-state index in [0.29, 0.717) is 11.9 Å². The van der Waals surface area contributed by atoms with Gasteiger partial charge in [-0.2, -0.15) is 0 Å². The molecular weight excluding hydrogens is 228 g/mol. The Morgan fingerprint density at radius 2 is 2.00 bits per heavy atom. The summed E-state index contributed by atoms with van der Waals surface area (Å²) in [7, 11) is 0. The molecule has 98 valence electrons. The van der Waals surface area contributed by atoms with Crippen LogP contribution < -0.4 is 0 Å². The monoisotopic (exact) mass is 248 g/mol. The summed E-state index contributed by atoms with van der Waals surface area (Å²) in [5.74, 6) is 1.55. The average molecular weight is 248 g/mol. The molecule has 4 nitrogen and oxygen atoms in total. The van der Waals surface area contributed by atoms with Gasteiger partial charge in [0.15, 0.2) is 5.69 Å². The van der Waals surface area contributed by atoms with Crippen LogP contribution in [0.2, 0.25) is 0 Å². The summed E-state index contributed by atoms with van der Waals surface area (Å²) in [5.41, 5.74) is 0.714. The maximum absolute atomic E-state index is 5.90. The van der Waals surface area contributed by atoms with Crippen molar-refractivity contribution in [3.8, 4) is 0 Å². The molecule has 1 fully saturated rings. The van der Waals surface area contributed by atoms with E-state index in [0.717, 1.165) is 24.3 Å². The van der Waals surface area contributed by atoms with Crippen LogP contribution in [0.15, 0.2) is 15.6 Å². The van der Waals surface area contributed by atoms with Crippen molar-refractivity contribution in [2.75, 3.05) is 0 Å². The molecule has 0 unspecified atom stereocenters. The Kier molecular flexibility index (Phi) is 2.68. The van der Waals surface area contributed by atoms with Gasteiger partial charge in [-0.25, -0.2) is 4.99 Å². The van der Waals surface area contributed by atoms with E-state index >= 15 is 0 Å². The molecule has 0 spiro atoms. The van der Waals surface area contributed by atoms with Crippen LogP contribution in [0.25, 0.3) is 0 Å². The van der Waals surface area contributed by atoms with E-state index in [4.69, 9.17) is 9.26 Å². The van der Waals surface area contributed by atoms with E-state index in [2.05, 4.69) is 30.9 Å². The van der Waals surface area contributed by atoms with Crippen LogP contribution in [-0.2, 0) is 10.2 Å². The second-order valence-electron chi connectivity index (χ2n) is 6.27. The van der Waals surface area contributed by atoms with Crippen molar-refractivity contribution in [1.82, 2.24) is 5.16 Å². The standard InChI is InChI=1S/C14H20N2O2/c1-14(2,3)12-8-10(16-18-12)13-15-9-6-4-5-7-11(9)17-13/h8-9,11H,4-7H2,1-3H3/t9-,11+/m0/s1. The molecule has 4 heteroatoms. The fraction of sp³-hybridized carbons (Fsp3) is 0.714. The van der Waals surface area contributed by atoms with Crippen molar-refractivity contribution >= 4 is 5.90 Å². The van der Waals surface area contributed by atoms with E-state index < -0.39 is 0 Å². The first-order chi connectivity index (χ1) is 8.54. The van der Waals surface area contributed by atoms with Crippen molar-refractivity contribution < 1.29 is 9.26 Å². The van der Waals surface area contributed by atoms with Gasteiger partial charge < -0.3 is 9.26 Å². The molecule has 2 aliphatic rings. The Hall–Kier alpha value is -1.32.